The molecule has 1 atom stereocenters. The summed E-state index contributed by atoms with van der Waals surface area (Å²) in [5.41, 5.74) is 3.47. The normalized spacial score (nSPS) is 16.8. The van der Waals surface area contributed by atoms with Crippen LogP contribution in [-0.2, 0) is 29.0 Å². The van der Waals surface area contributed by atoms with Gasteiger partial charge in [-0.2, -0.15) is 5.10 Å². The third-order valence-corrected chi connectivity index (χ3v) is 6.25. The van der Waals surface area contributed by atoms with Crippen LogP contribution in [0.15, 0.2) is 17.5 Å². The van der Waals surface area contributed by atoms with Gasteiger partial charge in [0.1, 0.15) is 0 Å². The molecule has 0 aromatic carbocycles. The van der Waals surface area contributed by atoms with Crippen molar-refractivity contribution in [3.63, 3.8) is 0 Å². The topological polar surface area (TPSA) is 47.4 Å². The Bertz CT molecular complexity index is 761. The lowest BCUT2D eigenvalue weighted by molar-refractivity contribution is -0.133. The smallest absolute Gasteiger partial charge is 0.223 e. The van der Waals surface area contributed by atoms with Crippen molar-refractivity contribution in [2.75, 3.05) is 13.2 Å². The van der Waals surface area contributed by atoms with Crippen molar-refractivity contribution in [1.29, 1.82) is 0 Å². The molecule has 3 rings (SSSR count). The van der Waals surface area contributed by atoms with Gasteiger partial charge in [0.25, 0.3) is 0 Å². The first-order valence-electron chi connectivity index (χ1n) is 10.4. The minimum absolute atomic E-state index is 0.182. The molecule has 6 heteroatoms. The Hall–Kier alpha value is -1.66. The Morgan fingerprint density at radius 3 is 2.89 bits per heavy atom. The lowest BCUT2D eigenvalue weighted by Gasteiger charge is -2.25. The average Bonchev–Trinajstić information content (AvgIpc) is 3.37. The zero-order valence-electron chi connectivity index (χ0n) is 17.6. The molecule has 28 heavy (non-hydrogen) atoms. The predicted molar refractivity (Wildman–Crippen MR) is 114 cm³/mol. The fourth-order valence-corrected chi connectivity index (χ4v) is 4.61. The highest BCUT2D eigenvalue weighted by Gasteiger charge is 2.23. The van der Waals surface area contributed by atoms with E-state index in [1.165, 1.54) is 16.1 Å². The zero-order chi connectivity index (χ0) is 20.1. The molecule has 2 aromatic heterocycles. The van der Waals surface area contributed by atoms with Gasteiger partial charge >= 0.3 is 0 Å². The van der Waals surface area contributed by atoms with E-state index in [0.29, 0.717) is 25.4 Å². The third kappa shape index (κ3) is 5.45. The summed E-state index contributed by atoms with van der Waals surface area (Å²) in [6.45, 7) is 11.7. The number of nitrogens with zero attached hydrogens (tertiary/aromatic N) is 3. The number of hydrogen-bond acceptors (Lipinski definition) is 4. The van der Waals surface area contributed by atoms with Gasteiger partial charge in [-0.25, -0.2) is 0 Å². The van der Waals surface area contributed by atoms with Crippen molar-refractivity contribution in [3.05, 3.63) is 39.3 Å². The maximum absolute atomic E-state index is 13.1. The van der Waals surface area contributed by atoms with E-state index in [1.54, 1.807) is 11.3 Å². The second kappa shape index (κ2) is 9.70. The van der Waals surface area contributed by atoms with Gasteiger partial charge in [-0.1, -0.05) is 19.9 Å². The summed E-state index contributed by atoms with van der Waals surface area (Å²) >= 11 is 1.71. The molecule has 0 saturated carbocycles. The van der Waals surface area contributed by atoms with Gasteiger partial charge in [-0.15, -0.1) is 11.3 Å². The number of carbonyl (C=O) groups excluding carboxylic acids is 1. The summed E-state index contributed by atoms with van der Waals surface area (Å²) in [4.78, 5) is 16.3. The monoisotopic (exact) mass is 403 g/mol. The van der Waals surface area contributed by atoms with E-state index in [1.807, 2.05) is 11.0 Å². The van der Waals surface area contributed by atoms with Crippen molar-refractivity contribution in [2.24, 2.45) is 5.92 Å². The molecule has 0 aliphatic carbocycles. The number of rotatable bonds is 9. The molecule has 0 N–H and O–H groups in total. The Morgan fingerprint density at radius 2 is 2.25 bits per heavy atom. The van der Waals surface area contributed by atoms with E-state index in [0.717, 1.165) is 38.1 Å². The van der Waals surface area contributed by atoms with Crippen molar-refractivity contribution in [2.45, 2.75) is 72.6 Å². The number of aryl methyl sites for hydroxylation is 1. The van der Waals surface area contributed by atoms with E-state index in [4.69, 9.17) is 9.84 Å². The van der Waals surface area contributed by atoms with Gasteiger partial charge in [0.05, 0.1) is 18.3 Å². The highest BCUT2D eigenvalue weighted by atomic mass is 32.1. The van der Waals surface area contributed by atoms with Crippen molar-refractivity contribution in [3.8, 4) is 0 Å². The summed E-state index contributed by atoms with van der Waals surface area (Å²) in [5, 5.41) is 6.76. The molecular weight excluding hydrogens is 370 g/mol. The molecule has 1 unspecified atom stereocenters. The minimum atomic E-state index is 0.182. The van der Waals surface area contributed by atoms with Crippen molar-refractivity contribution < 1.29 is 9.53 Å². The van der Waals surface area contributed by atoms with E-state index in [-0.39, 0.29) is 12.0 Å². The molecule has 1 aliphatic rings. The van der Waals surface area contributed by atoms with Crippen LogP contribution in [0.25, 0.3) is 0 Å². The SMILES string of the molecule is Cc1nn(CC(C)C)c(C)c1CCC(=O)N(Cc1cccs1)CC1CCCO1. The van der Waals surface area contributed by atoms with E-state index < -0.39 is 0 Å². The standard InChI is InChI=1S/C22H33N3O2S/c1-16(2)13-25-18(4)21(17(3)23-25)9-10-22(26)24(14-19-7-5-11-27-19)15-20-8-6-12-28-20/h6,8,12,16,19H,5,7,9-11,13-15H2,1-4H3. The second-order valence-electron chi connectivity index (χ2n) is 8.21. The van der Waals surface area contributed by atoms with Gasteiger partial charge in [0, 0.05) is 36.7 Å². The molecule has 3 heterocycles. The lowest BCUT2D eigenvalue weighted by Crippen LogP contribution is -2.36. The first-order valence-corrected chi connectivity index (χ1v) is 11.3. The highest BCUT2D eigenvalue weighted by Crippen LogP contribution is 2.20. The van der Waals surface area contributed by atoms with Gasteiger partial charge < -0.3 is 9.64 Å². The molecule has 1 saturated heterocycles. The fraction of sp³-hybridized carbons (Fsp3) is 0.636. The molecular formula is C22H33N3O2S. The molecule has 1 fully saturated rings. The second-order valence-corrected chi connectivity index (χ2v) is 9.25. The van der Waals surface area contributed by atoms with Crippen LogP contribution in [0.5, 0.6) is 0 Å². The number of aromatic nitrogens is 2. The molecule has 154 valence electrons. The Kier molecular flexibility index (Phi) is 7.30. The highest BCUT2D eigenvalue weighted by molar-refractivity contribution is 7.09. The first kappa shape index (κ1) is 21.1. The Balaban J connectivity index is 1.65. The molecule has 0 bridgehead atoms. The number of ether oxygens (including phenoxy) is 1. The van der Waals surface area contributed by atoms with Gasteiger partial charge in [0.2, 0.25) is 5.91 Å². The summed E-state index contributed by atoms with van der Waals surface area (Å²) in [7, 11) is 0. The summed E-state index contributed by atoms with van der Waals surface area (Å²) in [6.07, 6.45) is 3.60. The molecule has 0 spiro atoms. The Morgan fingerprint density at radius 1 is 1.43 bits per heavy atom. The lowest BCUT2D eigenvalue weighted by atomic mass is 10.1. The van der Waals surface area contributed by atoms with Gasteiger partial charge in [-0.3, -0.25) is 9.48 Å². The van der Waals surface area contributed by atoms with Crippen LogP contribution in [0.2, 0.25) is 0 Å². The largest absolute Gasteiger partial charge is 0.376 e. The van der Waals surface area contributed by atoms with Gasteiger partial charge in [0.15, 0.2) is 0 Å². The van der Waals surface area contributed by atoms with Crippen LogP contribution < -0.4 is 0 Å². The van der Waals surface area contributed by atoms with E-state index in [9.17, 15) is 4.79 Å². The summed E-state index contributed by atoms with van der Waals surface area (Å²) in [6, 6.07) is 4.15. The van der Waals surface area contributed by atoms with Crippen LogP contribution in [0, 0.1) is 19.8 Å². The average molecular weight is 404 g/mol. The first-order chi connectivity index (χ1) is 13.4. The predicted octanol–water partition coefficient (Wildman–Crippen LogP) is 4.36. The third-order valence-electron chi connectivity index (χ3n) is 5.39. The van der Waals surface area contributed by atoms with E-state index >= 15 is 0 Å². The molecule has 5 nitrogen and oxygen atoms in total. The van der Waals surface area contributed by atoms with Crippen LogP contribution in [-0.4, -0.2) is 39.8 Å². The number of thiophene rings is 1. The minimum Gasteiger partial charge on any atom is -0.376 e. The van der Waals surface area contributed by atoms with Crippen LogP contribution in [0.1, 0.15) is 54.9 Å². The number of carbonyl (C=O) groups is 1. The van der Waals surface area contributed by atoms with Crippen molar-refractivity contribution in [1.82, 2.24) is 14.7 Å². The molecule has 1 aliphatic heterocycles. The quantitative estimate of drug-likeness (QED) is 0.625. The zero-order valence-corrected chi connectivity index (χ0v) is 18.4. The van der Waals surface area contributed by atoms with Crippen molar-refractivity contribution >= 4 is 17.2 Å². The number of amides is 1. The van der Waals surface area contributed by atoms with Gasteiger partial charge in [-0.05, 0) is 56.0 Å². The molecule has 0 radical (unpaired) electrons. The summed E-state index contributed by atoms with van der Waals surface area (Å²) in [5.74, 6) is 0.763. The van der Waals surface area contributed by atoms with Crippen LogP contribution in [0.4, 0.5) is 0 Å². The fourth-order valence-electron chi connectivity index (χ4n) is 3.89. The van der Waals surface area contributed by atoms with Crippen LogP contribution in [0.3, 0.4) is 0 Å². The van der Waals surface area contributed by atoms with Crippen LogP contribution >= 0.6 is 11.3 Å². The maximum atomic E-state index is 13.1. The molecule has 1 amide bonds. The maximum Gasteiger partial charge on any atom is 0.223 e. The van der Waals surface area contributed by atoms with E-state index in [2.05, 4.69) is 43.8 Å². The Labute approximate surface area is 172 Å². The molecule has 2 aromatic rings. The number of hydrogen-bond donors (Lipinski definition) is 0. The summed E-state index contributed by atoms with van der Waals surface area (Å²) < 4.78 is 7.88.